The van der Waals surface area contributed by atoms with Crippen LogP contribution in [0.3, 0.4) is 0 Å². The van der Waals surface area contributed by atoms with Gasteiger partial charge in [0.2, 0.25) is 0 Å². The van der Waals surface area contributed by atoms with Crippen molar-refractivity contribution in [2.75, 3.05) is 6.61 Å². The second-order valence-corrected chi connectivity index (χ2v) is 8.00. The van der Waals surface area contributed by atoms with Gasteiger partial charge in [0.25, 0.3) is 0 Å². The van der Waals surface area contributed by atoms with Gasteiger partial charge in [-0.05, 0) is 24.6 Å². The smallest absolute Gasteiger partial charge is 0.748 e. The molecule has 1 aliphatic heterocycles. The van der Waals surface area contributed by atoms with Crippen LogP contribution >= 0.6 is 0 Å². The third-order valence-electron chi connectivity index (χ3n) is 4.42. The summed E-state index contributed by atoms with van der Waals surface area (Å²) in [7, 11) is -4.50. The molecule has 5 atom stereocenters. The largest absolute Gasteiger partial charge is 1.00 e. The second kappa shape index (κ2) is 11.2. The summed E-state index contributed by atoms with van der Waals surface area (Å²) in [5, 5.41) is 54.5. The fraction of sp³-hybridized carbons (Fsp3) is 0.471. The first kappa shape index (κ1) is 27.9. The summed E-state index contributed by atoms with van der Waals surface area (Å²) in [5.41, 5.74) is -0.301. The summed E-state index contributed by atoms with van der Waals surface area (Å²) >= 11 is 0. The van der Waals surface area contributed by atoms with E-state index in [2.05, 4.69) is 4.74 Å². The number of fused-ring (bicyclic) bond motifs is 1. The van der Waals surface area contributed by atoms with E-state index in [1.54, 1.807) is 0 Å². The molecule has 2 aromatic rings. The zero-order valence-corrected chi connectivity index (χ0v) is 19.4. The Hall–Kier alpha value is -1.10. The van der Waals surface area contributed by atoms with E-state index in [9.17, 15) is 22.9 Å². The molecule has 6 N–H and O–H groups in total. The maximum absolute atomic E-state index is 11.3. The summed E-state index contributed by atoms with van der Waals surface area (Å²) < 4.78 is 41.8. The van der Waals surface area contributed by atoms with Crippen molar-refractivity contribution in [1.82, 2.24) is 0 Å². The number of aromatic hydroxyl groups is 1. The molecule has 0 unspecified atom stereocenters. The van der Waals surface area contributed by atoms with Crippen molar-refractivity contribution in [3.05, 3.63) is 39.7 Å². The van der Waals surface area contributed by atoms with Gasteiger partial charge in [0.1, 0.15) is 35.7 Å². The Bertz CT molecular complexity index is 1050. The molecule has 0 saturated carbocycles. The molecule has 1 aromatic carbocycles. The van der Waals surface area contributed by atoms with E-state index in [-0.39, 0.29) is 46.5 Å². The average Bonchev–Trinajstić information content (AvgIpc) is 2.65. The van der Waals surface area contributed by atoms with Crippen LogP contribution in [0.4, 0.5) is 0 Å². The maximum Gasteiger partial charge on any atom is 1.00 e. The third kappa shape index (κ3) is 6.94. The molecular weight excluding hydrogens is 451 g/mol. The third-order valence-corrected chi connectivity index (χ3v) is 5.08. The quantitative estimate of drug-likeness (QED) is 0.140. The Morgan fingerprint density at radius 3 is 2.26 bits per heavy atom. The summed E-state index contributed by atoms with van der Waals surface area (Å²) in [5.74, 6) is -0.868. The van der Waals surface area contributed by atoms with Crippen LogP contribution in [-0.2, 0) is 20.6 Å². The van der Waals surface area contributed by atoms with E-state index >= 15 is 0 Å². The molecule has 0 amide bonds. The summed E-state index contributed by atoms with van der Waals surface area (Å²) in [6, 6.07) is 3.72. The zero-order chi connectivity index (χ0) is 22.8. The van der Waals surface area contributed by atoms with Gasteiger partial charge in [-0.25, -0.2) is 13.2 Å². The van der Waals surface area contributed by atoms with Crippen LogP contribution in [0.25, 0.3) is 11.0 Å². The molecule has 1 aromatic heterocycles. The average molecular weight is 472 g/mol. The number of aliphatic hydroxyl groups excluding tert-OH is 5. The first-order valence-electron chi connectivity index (χ1n) is 8.53. The molecule has 0 spiro atoms. The Kier molecular flexibility index (Phi) is 10.1. The van der Waals surface area contributed by atoms with E-state index in [1.165, 1.54) is 19.1 Å². The van der Waals surface area contributed by atoms with Gasteiger partial charge in [0.05, 0.1) is 22.5 Å². The molecule has 0 bridgehead atoms. The zero-order valence-electron chi connectivity index (χ0n) is 16.6. The second-order valence-electron chi connectivity index (χ2n) is 6.60. The van der Waals surface area contributed by atoms with E-state index in [0.717, 1.165) is 6.07 Å². The molecule has 0 radical (unpaired) electrons. The minimum Gasteiger partial charge on any atom is -0.748 e. The molecule has 168 valence electrons. The molecule has 0 aliphatic carbocycles. The van der Waals surface area contributed by atoms with Gasteiger partial charge in [0.15, 0.2) is 6.29 Å². The van der Waals surface area contributed by atoms with Crippen molar-refractivity contribution in [1.29, 1.82) is 0 Å². The number of rotatable bonds is 3. The van der Waals surface area contributed by atoms with Gasteiger partial charge in [-0.15, -0.1) is 0 Å². The van der Waals surface area contributed by atoms with Crippen molar-refractivity contribution in [2.45, 2.75) is 43.4 Å². The van der Waals surface area contributed by atoms with Gasteiger partial charge < -0.3 is 44.3 Å². The Balaban J connectivity index is 0.000000324. The van der Waals surface area contributed by atoms with Crippen LogP contribution in [0.5, 0.6) is 5.75 Å². The molecule has 1 saturated heterocycles. The Morgan fingerprint density at radius 2 is 1.71 bits per heavy atom. The van der Waals surface area contributed by atoms with Crippen molar-refractivity contribution >= 4 is 21.1 Å². The van der Waals surface area contributed by atoms with E-state index in [1.807, 2.05) is 0 Å². The minimum atomic E-state index is -4.50. The van der Waals surface area contributed by atoms with Crippen molar-refractivity contribution in [3.8, 4) is 5.75 Å². The van der Waals surface area contributed by atoms with E-state index < -0.39 is 58.8 Å². The Morgan fingerprint density at radius 1 is 1.10 bits per heavy atom. The SMILES string of the molecule is Cc1c(O)ccc2c(CS(=O)(=O)[O-])cc(=O)oc12.OC[C@H]1O[C@@H](O)[C@H](O)[C@@H](O)[C@@H]1O.[Na+]. The maximum atomic E-state index is 11.3. The normalized spacial score (nSPS) is 26.0. The monoisotopic (exact) mass is 472 g/mol. The number of phenolic OH excluding ortho intramolecular Hbond substituents is 1. The molecule has 12 nitrogen and oxygen atoms in total. The molecule has 2 heterocycles. The molecule has 31 heavy (non-hydrogen) atoms. The van der Waals surface area contributed by atoms with Gasteiger partial charge in [-0.1, -0.05) is 0 Å². The van der Waals surface area contributed by atoms with E-state index in [4.69, 9.17) is 29.9 Å². The molecule has 14 heteroatoms. The summed E-state index contributed by atoms with van der Waals surface area (Å²) in [4.78, 5) is 11.3. The number of hydrogen-bond acceptors (Lipinski definition) is 12. The van der Waals surface area contributed by atoms with Crippen LogP contribution in [-0.4, -0.2) is 80.9 Å². The van der Waals surface area contributed by atoms with E-state index in [0.29, 0.717) is 10.9 Å². The number of phenols is 1. The van der Waals surface area contributed by atoms with Gasteiger partial charge >= 0.3 is 35.2 Å². The van der Waals surface area contributed by atoms with Crippen molar-refractivity contribution in [2.24, 2.45) is 0 Å². The number of hydrogen-bond donors (Lipinski definition) is 6. The standard InChI is InChI=1S/C11H10O6S.C6H12O6.Na/c1-6-9(12)3-2-8-7(5-18(14,15)16)4-10(13)17-11(6)8;7-1-2-3(8)4(9)5(10)6(11)12-2;/h2-4,12H,5H2,1H3,(H,14,15,16);2-11H,1H2;/q;;+1/p-1/t;2-,3-,4+,5-,6-;/m.1./s1. The topological polar surface area (TPSA) is 218 Å². The van der Waals surface area contributed by atoms with Crippen LogP contribution in [0, 0.1) is 6.92 Å². The van der Waals surface area contributed by atoms with Crippen molar-refractivity contribution in [3.63, 3.8) is 0 Å². The predicted molar refractivity (Wildman–Crippen MR) is 98.3 cm³/mol. The first-order chi connectivity index (χ1) is 13.9. The van der Waals surface area contributed by atoms with Crippen LogP contribution in [0.15, 0.2) is 27.4 Å². The summed E-state index contributed by atoms with van der Waals surface area (Å²) in [6.07, 6.45) is -7.04. The number of ether oxygens (including phenoxy) is 1. The molecule has 1 aliphatic rings. The summed E-state index contributed by atoms with van der Waals surface area (Å²) in [6.45, 7) is 0.998. The fourth-order valence-electron chi connectivity index (χ4n) is 2.81. The van der Waals surface area contributed by atoms with Crippen LogP contribution in [0.2, 0.25) is 0 Å². The number of benzene rings is 1. The molecular formula is C17H21NaO12S. The fourth-order valence-corrected chi connectivity index (χ4v) is 3.43. The minimum absolute atomic E-state index is 0. The van der Waals surface area contributed by atoms with Gasteiger partial charge in [-0.2, -0.15) is 0 Å². The molecule has 3 rings (SSSR count). The van der Waals surface area contributed by atoms with Crippen LogP contribution in [0.1, 0.15) is 11.1 Å². The molecule has 1 fully saturated rings. The number of aliphatic hydroxyl groups is 5. The predicted octanol–water partition coefficient (Wildman–Crippen LogP) is -5.37. The van der Waals surface area contributed by atoms with Crippen molar-refractivity contribution < 1.29 is 82.3 Å². The van der Waals surface area contributed by atoms with Gasteiger partial charge in [-0.3, -0.25) is 0 Å². The number of aryl methyl sites for hydroxylation is 1. The first-order valence-corrected chi connectivity index (χ1v) is 10.1. The Labute approximate surface area is 198 Å². The van der Waals surface area contributed by atoms with Crippen LogP contribution < -0.4 is 35.2 Å². The van der Waals surface area contributed by atoms with Gasteiger partial charge in [0, 0.05) is 17.0 Å².